The van der Waals surface area contributed by atoms with Gasteiger partial charge in [0.15, 0.2) is 0 Å². The van der Waals surface area contributed by atoms with Crippen LogP contribution in [0.3, 0.4) is 0 Å². The van der Waals surface area contributed by atoms with Gasteiger partial charge in [0.1, 0.15) is 5.82 Å². The molecule has 0 unspecified atom stereocenters. The van der Waals surface area contributed by atoms with Gasteiger partial charge in [-0.25, -0.2) is 4.98 Å². The average Bonchev–Trinajstić information content (AvgIpc) is 2.78. The molecule has 0 spiro atoms. The summed E-state index contributed by atoms with van der Waals surface area (Å²) in [6.45, 7) is 2.16. The maximum absolute atomic E-state index is 4.34. The largest absolute Gasteiger partial charge is 0.425 e. The van der Waals surface area contributed by atoms with Crippen LogP contribution < -0.4 is 10.00 Å². The summed E-state index contributed by atoms with van der Waals surface area (Å²) in [4.78, 5) is 10.7. The molecule has 0 aliphatic carbocycles. The molecule has 5 nitrogen and oxygen atoms in total. The molecule has 0 saturated carbocycles. The van der Waals surface area contributed by atoms with Crippen molar-refractivity contribution in [1.82, 2.24) is 20.2 Å². The van der Waals surface area contributed by atoms with E-state index in [-0.39, 0.29) is 20.4 Å². The van der Waals surface area contributed by atoms with Gasteiger partial charge in [-0.2, -0.15) is 0 Å². The molecular formula is C10H12N5Re-. The van der Waals surface area contributed by atoms with E-state index in [1.807, 2.05) is 0 Å². The molecule has 3 rings (SSSR count). The Morgan fingerprint density at radius 2 is 1.94 bits per heavy atom. The summed E-state index contributed by atoms with van der Waals surface area (Å²) in [5.41, 5.74) is 0.700. The summed E-state index contributed by atoms with van der Waals surface area (Å²) in [7, 11) is 0. The maximum atomic E-state index is 4.34. The fourth-order valence-corrected chi connectivity index (χ4v) is 2.07. The molecule has 1 fully saturated rings. The smallest absolute Gasteiger partial charge is 0.136 e. The Hall–Kier alpha value is -0.988. The number of hydrogen-bond donors (Lipinski definition) is 0. The van der Waals surface area contributed by atoms with Crippen molar-refractivity contribution in [2.75, 3.05) is 18.0 Å². The molecule has 2 aromatic rings. The van der Waals surface area contributed by atoms with Crippen molar-refractivity contribution in [3.05, 3.63) is 12.5 Å². The van der Waals surface area contributed by atoms with E-state index in [4.69, 9.17) is 0 Å². The summed E-state index contributed by atoms with van der Waals surface area (Å²) in [5, 5.41) is 8.80. The van der Waals surface area contributed by atoms with Crippen molar-refractivity contribution < 1.29 is 20.4 Å². The molecular weight excluding hydrogens is 376 g/mol. The first-order valence-corrected chi connectivity index (χ1v) is 5.29. The minimum absolute atomic E-state index is 0. The summed E-state index contributed by atoms with van der Waals surface area (Å²) in [6, 6.07) is 0. The van der Waals surface area contributed by atoms with Crippen LogP contribution >= 0.6 is 0 Å². The number of aromatic nitrogens is 4. The van der Waals surface area contributed by atoms with E-state index < -0.39 is 0 Å². The van der Waals surface area contributed by atoms with Gasteiger partial charge in [0.2, 0.25) is 0 Å². The molecule has 16 heavy (non-hydrogen) atoms. The molecule has 1 radical (unpaired) electrons. The average molecular weight is 388 g/mol. The third-order valence-electron chi connectivity index (χ3n) is 2.84. The van der Waals surface area contributed by atoms with Crippen LogP contribution in [-0.2, 0) is 20.4 Å². The molecule has 1 aliphatic heterocycles. The van der Waals surface area contributed by atoms with Gasteiger partial charge in [-0.05, 0) is 24.9 Å². The molecule has 6 heteroatoms. The van der Waals surface area contributed by atoms with Crippen LogP contribution in [0.4, 0.5) is 5.82 Å². The Balaban J connectivity index is 0.000000963. The molecule has 3 heterocycles. The Morgan fingerprint density at radius 3 is 2.75 bits per heavy atom. The number of fused-ring (bicyclic) bond motifs is 1. The van der Waals surface area contributed by atoms with Crippen LogP contribution in [0, 0.1) is 0 Å². The molecule has 1 saturated heterocycles. The first kappa shape index (κ1) is 11.5. The molecule has 0 N–H and O–H groups in total. The number of nitrogens with zero attached hydrogens (tertiary/aromatic N) is 5. The van der Waals surface area contributed by atoms with E-state index >= 15 is 0 Å². The summed E-state index contributed by atoms with van der Waals surface area (Å²) in [6.07, 6.45) is 7.13. The number of hydrogen-bond acceptors (Lipinski definition) is 4. The van der Waals surface area contributed by atoms with E-state index in [1.165, 1.54) is 19.3 Å². The van der Waals surface area contributed by atoms with Gasteiger partial charge in [0.05, 0.1) is 0 Å². The van der Waals surface area contributed by atoms with Crippen LogP contribution in [0.1, 0.15) is 19.3 Å². The van der Waals surface area contributed by atoms with Crippen LogP contribution in [0.5, 0.6) is 0 Å². The van der Waals surface area contributed by atoms with E-state index in [0.29, 0.717) is 5.65 Å². The molecule has 85 valence electrons. The predicted octanol–water partition coefficient (Wildman–Crippen LogP) is 0.970. The van der Waals surface area contributed by atoms with Gasteiger partial charge >= 0.3 is 0 Å². The monoisotopic (exact) mass is 389 g/mol. The number of rotatable bonds is 1. The maximum Gasteiger partial charge on any atom is 0.136 e. The van der Waals surface area contributed by atoms with E-state index in [2.05, 4.69) is 25.1 Å². The standard InChI is InChI=1S/C10H12N5.Re/c1-2-4-15(5-3-1)10-8-6-13-14-9(8)11-7-12-10;/h6-7H,1-5H2;/q-1;. The van der Waals surface area contributed by atoms with E-state index in [0.717, 1.165) is 24.3 Å². The zero-order chi connectivity index (χ0) is 10.1. The summed E-state index contributed by atoms with van der Waals surface area (Å²) in [5.74, 6) is 0.990. The Kier molecular flexibility index (Phi) is 3.52. The fraction of sp³-hybridized carbons (Fsp3) is 0.500. The van der Waals surface area contributed by atoms with Crippen LogP contribution in [0.2, 0.25) is 0 Å². The minimum Gasteiger partial charge on any atom is -0.425 e. The predicted molar refractivity (Wildman–Crippen MR) is 56.7 cm³/mol. The molecule has 0 amide bonds. The first-order valence-electron chi connectivity index (χ1n) is 5.29. The van der Waals surface area contributed by atoms with Crippen molar-refractivity contribution in [1.29, 1.82) is 0 Å². The number of anilines is 1. The van der Waals surface area contributed by atoms with Crippen molar-refractivity contribution in [3.8, 4) is 0 Å². The van der Waals surface area contributed by atoms with Crippen LogP contribution in [-0.4, -0.2) is 28.2 Å². The fourth-order valence-electron chi connectivity index (χ4n) is 2.07. The van der Waals surface area contributed by atoms with Gasteiger partial charge < -0.3 is 15.0 Å². The summed E-state index contributed by atoms with van der Waals surface area (Å²) >= 11 is 0. The SMILES string of the molecule is [Re].c1nc(N2CCCCC2)c2cn[n-]c2n1. The van der Waals surface area contributed by atoms with Crippen molar-refractivity contribution >= 4 is 16.9 Å². The Labute approximate surface area is 107 Å². The topological polar surface area (TPSA) is 56.0 Å². The molecule has 0 aromatic carbocycles. The van der Waals surface area contributed by atoms with Gasteiger partial charge in [-0.3, -0.25) is 5.10 Å². The Bertz CT molecular complexity index is 463. The van der Waals surface area contributed by atoms with Crippen molar-refractivity contribution in [2.45, 2.75) is 19.3 Å². The van der Waals surface area contributed by atoms with E-state index in [9.17, 15) is 0 Å². The minimum atomic E-state index is 0. The third kappa shape index (κ3) is 1.95. The zero-order valence-electron chi connectivity index (χ0n) is 8.80. The quantitative estimate of drug-likeness (QED) is 0.729. The number of piperidine rings is 1. The van der Waals surface area contributed by atoms with Crippen molar-refractivity contribution in [3.63, 3.8) is 0 Å². The van der Waals surface area contributed by atoms with Gasteiger partial charge in [0, 0.05) is 51.4 Å². The van der Waals surface area contributed by atoms with Gasteiger partial charge in [-0.1, -0.05) is 0 Å². The third-order valence-corrected chi connectivity index (χ3v) is 2.84. The van der Waals surface area contributed by atoms with Crippen LogP contribution in [0.15, 0.2) is 12.5 Å². The molecule has 0 bridgehead atoms. The van der Waals surface area contributed by atoms with E-state index in [1.54, 1.807) is 12.5 Å². The van der Waals surface area contributed by atoms with Crippen LogP contribution in [0.25, 0.3) is 11.0 Å². The first-order chi connectivity index (χ1) is 7.45. The second-order valence-corrected chi connectivity index (χ2v) is 3.83. The normalized spacial score (nSPS) is 16.1. The Morgan fingerprint density at radius 1 is 1.12 bits per heavy atom. The molecule has 2 aromatic heterocycles. The van der Waals surface area contributed by atoms with Gasteiger partial charge in [0.25, 0.3) is 0 Å². The van der Waals surface area contributed by atoms with Crippen molar-refractivity contribution in [2.24, 2.45) is 0 Å². The zero-order valence-corrected chi connectivity index (χ0v) is 11.5. The molecule has 0 atom stereocenters. The second kappa shape index (κ2) is 4.90. The van der Waals surface area contributed by atoms with Gasteiger partial charge in [-0.15, -0.1) is 0 Å². The molecule has 1 aliphatic rings. The summed E-state index contributed by atoms with van der Waals surface area (Å²) < 4.78 is 0. The second-order valence-electron chi connectivity index (χ2n) is 3.83.